The Morgan fingerprint density at radius 2 is 1.86 bits per heavy atom. The van der Waals surface area contributed by atoms with Crippen LogP contribution < -0.4 is 0 Å². The lowest BCUT2D eigenvalue weighted by molar-refractivity contribution is 0.0485. The van der Waals surface area contributed by atoms with Gasteiger partial charge in [0.15, 0.2) is 0 Å². The highest BCUT2D eigenvalue weighted by Gasteiger charge is 2.29. The number of rotatable bonds is 2. The van der Waals surface area contributed by atoms with E-state index in [1.807, 2.05) is 0 Å². The van der Waals surface area contributed by atoms with Crippen molar-refractivity contribution in [2.75, 3.05) is 26.2 Å². The van der Waals surface area contributed by atoms with Crippen molar-refractivity contribution in [1.29, 1.82) is 0 Å². The summed E-state index contributed by atoms with van der Waals surface area (Å²) in [5.74, 6) is 0.225. The summed E-state index contributed by atoms with van der Waals surface area (Å²) in [6.45, 7) is 5.58. The van der Waals surface area contributed by atoms with Gasteiger partial charge < -0.3 is 4.90 Å². The van der Waals surface area contributed by atoms with Gasteiger partial charge in [-0.2, -0.15) is 0 Å². The first-order valence-corrected chi connectivity index (χ1v) is 8.43. The van der Waals surface area contributed by atoms with E-state index in [1.165, 1.54) is 31.7 Å². The van der Waals surface area contributed by atoms with Gasteiger partial charge >= 0.3 is 0 Å². The fraction of sp³-hybridized carbons (Fsp3) is 0.611. The van der Waals surface area contributed by atoms with Crippen molar-refractivity contribution >= 4 is 5.91 Å². The molecule has 1 saturated heterocycles. The normalized spacial score (nSPS) is 26.9. The maximum Gasteiger partial charge on any atom is 0.256 e. The third-order valence-electron chi connectivity index (χ3n) is 5.13. The fourth-order valence-electron chi connectivity index (χ4n) is 3.83. The summed E-state index contributed by atoms with van der Waals surface area (Å²) < 4.78 is 13.7. The van der Waals surface area contributed by atoms with E-state index in [2.05, 4.69) is 11.8 Å². The summed E-state index contributed by atoms with van der Waals surface area (Å²) in [5, 5.41) is 0. The number of nitrogens with zero attached hydrogens (tertiary/aromatic N) is 2. The second-order valence-electron chi connectivity index (χ2n) is 6.73. The molecule has 1 aliphatic heterocycles. The second-order valence-corrected chi connectivity index (χ2v) is 6.73. The van der Waals surface area contributed by atoms with Crippen molar-refractivity contribution in [2.24, 2.45) is 5.92 Å². The van der Waals surface area contributed by atoms with Gasteiger partial charge in [0.25, 0.3) is 5.91 Å². The minimum atomic E-state index is -0.420. The van der Waals surface area contributed by atoms with Gasteiger partial charge in [-0.05, 0) is 30.9 Å². The maximum atomic E-state index is 13.7. The van der Waals surface area contributed by atoms with Gasteiger partial charge in [-0.1, -0.05) is 31.9 Å². The summed E-state index contributed by atoms with van der Waals surface area (Å²) in [6.07, 6.45) is 5.23. The average Bonchev–Trinajstić information content (AvgIpc) is 2.55. The number of hydrogen-bond donors (Lipinski definition) is 0. The van der Waals surface area contributed by atoms with Gasteiger partial charge in [0.1, 0.15) is 5.82 Å². The molecule has 1 heterocycles. The molecule has 2 fully saturated rings. The van der Waals surface area contributed by atoms with Crippen LogP contribution in [0.1, 0.15) is 43.0 Å². The molecule has 2 atom stereocenters. The topological polar surface area (TPSA) is 23.6 Å². The van der Waals surface area contributed by atoms with E-state index in [4.69, 9.17) is 0 Å². The Hall–Kier alpha value is -1.42. The molecule has 1 saturated carbocycles. The van der Waals surface area contributed by atoms with Crippen LogP contribution in [0.15, 0.2) is 24.3 Å². The third-order valence-corrected chi connectivity index (χ3v) is 5.13. The summed E-state index contributed by atoms with van der Waals surface area (Å²) in [5.41, 5.74) is 0.197. The molecule has 4 heteroatoms. The smallest absolute Gasteiger partial charge is 0.256 e. The molecule has 2 aliphatic rings. The standard InChI is InChI=1S/C18H25FN2O/c1-14-5-4-6-15(13-14)20-9-11-21(12-10-20)18(22)16-7-2-3-8-17(16)19/h2-3,7-8,14-15H,4-6,9-13H2,1H3/t14-,15+/m0/s1. The summed E-state index contributed by atoms with van der Waals surface area (Å²) in [6, 6.07) is 6.94. The van der Waals surface area contributed by atoms with Gasteiger partial charge in [-0.3, -0.25) is 9.69 Å². The van der Waals surface area contributed by atoms with E-state index < -0.39 is 5.82 Å². The first kappa shape index (κ1) is 15.5. The molecule has 1 aromatic carbocycles. The van der Waals surface area contributed by atoms with Crippen LogP contribution in [0.25, 0.3) is 0 Å². The number of amides is 1. The number of carbonyl (C=O) groups is 1. The number of halogens is 1. The fourth-order valence-corrected chi connectivity index (χ4v) is 3.83. The van der Waals surface area contributed by atoms with Crippen molar-refractivity contribution in [1.82, 2.24) is 9.80 Å². The number of piperazine rings is 1. The van der Waals surface area contributed by atoms with Crippen LogP contribution in [0.3, 0.4) is 0 Å². The number of hydrogen-bond acceptors (Lipinski definition) is 2. The van der Waals surface area contributed by atoms with Crippen LogP contribution in [0.4, 0.5) is 4.39 Å². The molecule has 0 radical (unpaired) electrons. The summed E-state index contributed by atoms with van der Waals surface area (Å²) in [7, 11) is 0. The molecule has 3 rings (SSSR count). The van der Waals surface area contributed by atoms with Crippen LogP contribution in [0.5, 0.6) is 0 Å². The van der Waals surface area contributed by atoms with Gasteiger partial charge in [-0.15, -0.1) is 0 Å². The number of benzene rings is 1. The Kier molecular flexibility index (Phi) is 4.77. The molecule has 0 aromatic heterocycles. The largest absolute Gasteiger partial charge is 0.336 e. The minimum absolute atomic E-state index is 0.172. The van der Waals surface area contributed by atoms with Crippen LogP contribution in [-0.2, 0) is 0 Å². The summed E-state index contributed by atoms with van der Waals surface area (Å²) in [4.78, 5) is 16.7. The van der Waals surface area contributed by atoms with Crippen molar-refractivity contribution in [3.63, 3.8) is 0 Å². The van der Waals surface area contributed by atoms with E-state index in [-0.39, 0.29) is 11.5 Å². The summed E-state index contributed by atoms with van der Waals surface area (Å²) >= 11 is 0. The third kappa shape index (κ3) is 3.32. The Labute approximate surface area is 132 Å². The van der Waals surface area contributed by atoms with E-state index in [0.717, 1.165) is 19.0 Å². The molecule has 1 aromatic rings. The molecule has 120 valence electrons. The van der Waals surface area contributed by atoms with E-state index in [0.29, 0.717) is 19.1 Å². The van der Waals surface area contributed by atoms with Crippen molar-refractivity contribution < 1.29 is 9.18 Å². The Balaban J connectivity index is 1.57. The zero-order valence-electron chi connectivity index (χ0n) is 13.3. The van der Waals surface area contributed by atoms with E-state index in [1.54, 1.807) is 23.1 Å². The Bertz CT molecular complexity index is 526. The van der Waals surface area contributed by atoms with Crippen molar-refractivity contribution in [3.05, 3.63) is 35.6 Å². The zero-order chi connectivity index (χ0) is 15.5. The molecular weight excluding hydrogens is 279 g/mol. The van der Waals surface area contributed by atoms with E-state index >= 15 is 0 Å². The molecule has 1 aliphatic carbocycles. The van der Waals surface area contributed by atoms with E-state index in [9.17, 15) is 9.18 Å². The average molecular weight is 304 g/mol. The van der Waals surface area contributed by atoms with Crippen LogP contribution >= 0.6 is 0 Å². The first-order chi connectivity index (χ1) is 10.6. The molecule has 0 unspecified atom stereocenters. The van der Waals surface area contributed by atoms with Crippen LogP contribution in [-0.4, -0.2) is 47.9 Å². The van der Waals surface area contributed by atoms with Crippen molar-refractivity contribution in [3.8, 4) is 0 Å². The number of carbonyl (C=O) groups excluding carboxylic acids is 1. The molecule has 0 spiro atoms. The van der Waals surface area contributed by atoms with Gasteiger partial charge in [-0.25, -0.2) is 4.39 Å². The molecule has 0 bridgehead atoms. The molecule has 1 amide bonds. The van der Waals surface area contributed by atoms with Crippen LogP contribution in [0, 0.1) is 11.7 Å². The van der Waals surface area contributed by atoms with Crippen LogP contribution in [0.2, 0.25) is 0 Å². The predicted octanol–water partition coefficient (Wildman–Crippen LogP) is 3.16. The second kappa shape index (κ2) is 6.78. The quantitative estimate of drug-likeness (QED) is 0.838. The lowest BCUT2D eigenvalue weighted by Crippen LogP contribution is -2.52. The Morgan fingerprint density at radius 1 is 1.14 bits per heavy atom. The minimum Gasteiger partial charge on any atom is -0.336 e. The molecule has 0 N–H and O–H groups in total. The molecule has 3 nitrogen and oxygen atoms in total. The predicted molar refractivity (Wildman–Crippen MR) is 85.3 cm³/mol. The van der Waals surface area contributed by atoms with Gasteiger partial charge in [0, 0.05) is 32.2 Å². The SMILES string of the molecule is C[C@H]1CCC[C@@H](N2CCN(C(=O)c3ccccc3F)CC2)C1. The molecular formula is C18H25FN2O. The highest BCUT2D eigenvalue weighted by atomic mass is 19.1. The monoisotopic (exact) mass is 304 g/mol. The van der Waals surface area contributed by atoms with Gasteiger partial charge in [0.2, 0.25) is 0 Å². The molecule has 22 heavy (non-hydrogen) atoms. The first-order valence-electron chi connectivity index (χ1n) is 8.43. The van der Waals surface area contributed by atoms with Crippen molar-refractivity contribution in [2.45, 2.75) is 38.6 Å². The highest BCUT2D eigenvalue weighted by Crippen LogP contribution is 2.28. The Morgan fingerprint density at radius 3 is 2.55 bits per heavy atom. The maximum absolute atomic E-state index is 13.7. The zero-order valence-corrected chi connectivity index (χ0v) is 13.3. The highest BCUT2D eigenvalue weighted by molar-refractivity contribution is 5.94. The van der Waals surface area contributed by atoms with Gasteiger partial charge in [0.05, 0.1) is 5.56 Å². The lowest BCUT2D eigenvalue weighted by atomic mass is 9.86. The lowest BCUT2D eigenvalue weighted by Gasteiger charge is -2.42.